The van der Waals surface area contributed by atoms with Gasteiger partial charge in [0.1, 0.15) is 21.4 Å². The Morgan fingerprint density at radius 2 is 2.15 bits per heavy atom. The molecule has 1 aromatic rings. The maximum Gasteiger partial charge on any atom is 0.147 e. The number of halogens is 1. The zero-order chi connectivity index (χ0) is 15.0. The Hall–Kier alpha value is -1.58. The maximum absolute atomic E-state index is 13.6. The molecular formula is C14H17FO4S. The first kappa shape index (κ1) is 16.5. The minimum atomic E-state index is -3.00. The number of aliphatic hydroxyl groups excluding tert-OH is 1. The van der Waals surface area contributed by atoms with Gasteiger partial charge in [0.15, 0.2) is 0 Å². The minimum Gasteiger partial charge on any atom is -0.493 e. The van der Waals surface area contributed by atoms with E-state index in [0.717, 1.165) is 6.26 Å². The summed E-state index contributed by atoms with van der Waals surface area (Å²) in [5.74, 6) is 5.12. The van der Waals surface area contributed by atoms with Gasteiger partial charge in [-0.25, -0.2) is 12.8 Å². The molecule has 0 amide bonds. The van der Waals surface area contributed by atoms with Crippen LogP contribution in [0.3, 0.4) is 0 Å². The summed E-state index contributed by atoms with van der Waals surface area (Å²) in [4.78, 5) is 0. The summed E-state index contributed by atoms with van der Waals surface area (Å²) >= 11 is 0. The lowest BCUT2D eigenvalue weighted by Crippen LogP contribution is -2.08. The van der Waals surface area contributed by atoms with Gasteiger partial charge in [-0.05, 0) is 18.6 Å². The van der Waals surface area contributed by atoms with Crippen molar-refractivity contribution < 1.29 is 22.7 Å². The highest BCUT2D eigenvalue weighted by Gasteiger charge is 2.04. The average molecular weight is 300 g/mol. The van der Waals surface area contributed by atoms with Crippen LogP contribution < -0.4 is 4.74 Å². The second-order valence-electron chi connectivity index (χ2n) is 4.25. The number of sulfone groups is 1. The number of hydrogen-bond acceptors (Lipinski definition) is 4. The van der Waals surface area contributed by atoms with Crippen molar-refractivity contribution in [2.24, 2.45) is 0 Å². The van der Waals surface area contributed by atoms with Gasteiger partial charge >= 0.3 is 0 Å². The van der Waals surface area contributed by atoms with Gasteiger partial charge in [0.2, 0.25) is 0 Å². The molecule has 0 atom stereocenters. The van der Waals surface area contributed by atoms with E-state index in [0.29, 0.717) is 18.6 Å². The van der Waals surface area contributed by atoms with Crippen LogP contribution >= 0.6 is 0 Å². The summed E-state index contributed by atoms with van der Waals surface area (Å²) in [5, 5.41) is 8.58. The molecule has 4 nitrogen and oxygen atoms in total. The third kappa shape index (κ3) is 6.55. The Morgan fingerprint density at radius 1 is 1.40 bits per heavy atom. The molecule has 0 fully saturated rings. The fourth-order valence-electron chi connectivity index (χ4n) is 1.41. The molecule has 0 aromatic heterocycles. The third-order valence-corrected chi connectivity index (χ3v) is 3.36. The van der Waals surface area contributed by atoms with Crippen molar-refractivity contribution >= 4 is 9.84 Å². The van der Waals surface area contributed by atoms with E-state index in [4.69, 9.17) is 9.84 Å². The van der Waals surface area contributed by atoms with Crippen molar-refractivity contribution in [3.8, 4) is 17.6 Å². The number of benzene rings is 1. The zero-order valence-electron chi connectivity index (χ0n) is 11.2. The lowest BCUT2D eigenvalue weighted by Gasteiger charge is -2.06. The molecular weight excluding hydrogens is 283 g/mol. The van der Waals surface area contributed by atoms with Gasteiger partial charge in [0, 0.05) is 18.7 Å². The normalized spacial score (nSPS) is 10.8. The van der Waals surface area contributed by atoms with Gasteiger partial charge in [-0.1, -0.05) is 11.8 Å². The fourth-order valence-corrected chi connectivity index (χ4v) is 2.05. The minimum absolute atomic E-state index is 0.0419. The highest BCUT2D eigenvalue weighted by atomic mass is 32.2. The molecule has 1 N–H and O–H groups in total. The number of hydrogen-bond donors (Lipinski definition) is 1. The SMILES string of the molecule is CS(=O)(=O)CCCOc1ccc(C#CCCO)c(F)c1. The smallest absolute Gasteiger partial charge is 0.147 e. The van der Waals surface area contributed by atoms with Crippen molar-refractivity contribution in [1.82, 2.24) is 0 Å². The summed E-state index contributed by atoms with van der Waals surface area (Å²) in [7, 11) is -3.00. The van der Waals surface area contributed by atoms with Crippen molar-refractivity contribution in [3.63, 3.8) is 0 Å². The molecule has 0 bridgehead atoms. The summed E-state index contributed by atoms with van der Waals surface area (Å²) in [5.41, 5.74) is 0.238. The Kier molecular flexibility index (Phi) is 6.49. The van der Waals surface area contributed by atoms with Crippen LogP contribution in [0.15, 0.2) is 18.2 Å². The largest absolute Gasteiger partial charge is 0.493 e. The predicted molar refractivity (Wildman–Crippen MR) is 74.8 cm³/mol. The number of ether oxygens (including phenoxy) is 1. The van der Waals surface area contributed by atoms with E-state index in [1.807, 2.05) is 0 Å². The summed E-state index contributed by atoms with van der Waals surface area (Å²) in [6.07, 6.45) is 1.81. The predicted octanol–water partition coefficient (Wildman–Crippen LogP) is 1.37. The zero-order valence-corrected chi connectivity index (χ0v) is 12.0. The Morgan fingerprint density at radius 3 is 2.75 bits per heavy atom. The summed E-state index contributed by atoms with van der Waals surface area (Å²) in [6.45, 7) is 0.151. The number of rotatable bonds is 6. The molecule has 0 saturated heterocycles. The Labute approximate surface area is 118 Å². The molecule has 0 aliphatic rings. The summed E-state index contributed by atoms with van der Waals surface area (Å²) in [6, 6.07) is 4.28. The second kappa shape index (κ2) is 7.88. The van der Waals surface area contributed by atoms with Gasteiger partial charge in [0.25, 0.3) is 0 Å². The standard InChI is InChI=1S/C14H17FO4S/c1-20(17,18)10-4-9-19-13-7-6-12(14(15)11-13)5-2-3-8-16/h6-7,11,16H,3-4,8-10H2,1H3. The quantitative estimate of drug-likeness (QED) is 0.637. The van der Waals surface area contributed by atoms with Crippen LogP contribution in [0.4, 0.5) is 4.39 Å². The molecule has 110 valence electrons. The second-order valence-corrected chi connectivity index (χ2v) is 6.51. The molecule has 0 saturated carbocycles. The van der Waals surface area contributed by atoms with E-state index in [1.165, 1.54) is 12.1 Å². The van der Waals surface area contributed by atoms with Crippen LogP contribution in [0.2, 0.25) is 0 Å². The first-order valence-electron chi connectivity index (χ1n) is 6.12. The van der Waals surface area contributed by atoms with Gasteiger partial charge in [-0.2, -0.15) is 0 Å². The van der Waals surface area contributed by atoms with Crippen molar-refractivity contribution in [3.05, 3.63) is 29.6 Å². The molecule has 0 radical (unpaired) electrons. The van der Waals surface area contributed by atoms with E-state index >= 15 is 0 Å². The van der Waals surface area contributed by atoms with Crippen molar-refractivity contribution in [1.29, 1.82) is 0 Å². The average Bonchev–Trinajstić information content (AvgIpc) is 2.36. The van der Waals surface area contributed by atoms with Gasteiger partial charge in [-0.3, -0.25) is 0 Å². The highest BCUT2D eigenvalue weighted by Crippen LogP contribution is 2.16. The van der Waals surface area contributed by atoms with Crippen LogP contribution in [-0.4, -0.2) is 38.7 Å². The Balaban J connectivity index is 2.54. The molecule has 0 aliphatic heterocycles. The van der Waals surface area contributed by atoms with Gasteiger partial charge < -0.3 is 9.84 Å². The molecule has 0 spiro atoms. The Bertz CT molecular complexity index is 599. The van der Waals surface area contributed by atoms with E-state index in [2.05, 4.69) is 11.8 Å². The van der Waals surface area contributed by atoms with E-state index < -0.39 is 15.7 Å². The topological polar surface area (TPSA) is 63.6 Å². The number of aliphatic hydroxyl groups is 1. The van der Waals surface area contributed by atoms with Crippen molar-refractivity contribution in [2.45, 2.75) is 12.8 Å². The fraction of sp³-hybridized carbons (Fsp3) is 0.429. The van der Waals surface area contributed by atoms with Crippen LogP contribution in [0.1, 0.15) is 18.4 Å². The maximum atomic E-state index is 13.6. The molecule has 6 heteroatoms. The first-order valence-corrected chi connectivity index (χ1v) is 8.18. The summed E-state index contributed by atoms with van der Waals surface area (Å²) < 4.78 is 40.7. The van der Waals surface area contributed by atoms with Gasteiger partial charge in [0.05, 0.1) is 24.5 Å². The lowest BCUT2D eigenvalue weighted by molar-refractivity contribution is 0.305. The van der Waals surface area contributed by atoms with E-state index in [9.17, 15) is 12.8 Å². The monoisotopic (exact) mass is 300 g/mol. The molecule has 1 rings (SSSR count). The van der Waals surface area contributed by atoms with Crippen LogP contribution in [0.25, 0.3) is 0 Å². The molecule has 0 aliphatic carbocycles. The molecule has 0 heterocycles. The van der Waals surface area contributed by atoms with Crippen LogP contribution in [-0.2, 0) is 9.84 Å². The lowest BCUT2D eigenvalue weighted by atomic mass is 10.2. The van der Waals surface area contributed by atoms with E-state index in [1.54, 1.807) is 6.07 Å². The first-order chi connectivity index (χ1) is 9.42. The highest BCUT2D eigenvalue weighted by molar-refractivity contribution is 7.90. The molecule has 20 heavy (non-hydrogen) atoms. The van der Waals surface area contributed by atoms with Crippen LogP contribution in [0.5, 0.6) is 5.75 Å². The third-order valence-electron chi connectivity index (χ3n) is 2.33. The van der Waals surface area contributed by atoms with Crippen molar-refractivity contribution in [2.75, 3.05) is 25.2 Å². The van der Waals surface area contributed by atoms with E-state index in [-0.39, 0.29) is 24.5 Å². The molecule has 1 aromatic carbocycles. The molecule has 0 unspecified atom stereocenters. The van der Waals surface area contributed by atoms with Gasteiger partial charge in [-0.15, -0.1) is 0 Å². The van der Waals surface area contributed by atoms with Crippen LogP contribution in [0, 0.1) is 17.7 Å².